The Kier molecular flexibility index (Phi) is 4.43. The maximum Gasteiger partial charge on any atom is 0.163 e. The van der Waals surface area contributed by atoms with Crippen LogP contribution in [0.25, 0.3) is 11.5 Å². The van der Waals surface area contributed by atoms with Crippen molar-refractivity contribution in [1.82, 2.24) is 19.5 Å². The van der Waals surface area contributed by atoms with Crippen LogP contribution in [-0.4, -0.2) is 19.5 Å². The van der Waals surface area contributed by atoms with Crippen molar-refractivity contribution in [2.45, 2.75) is 12.6 Å². The summed E-state index contributed by atoms with van der Waals surface area (Å²) in [6, 6.07) is 9.06. The van der Waals surface area contributed by atoms with E-state index in [0.717, 1.165) is 10.4 Å². The first-order valence-electron chi connectivity index (χ1n) is 7.52. The predicted molar refractivity (Wildman–Crippen MR) is 100 cm³/mol. The molecule has 0 radical (unpaired) electrons. The first-order chi connectivity index (χ1) is 12.1. The molecule has 0 saturated heterocycles. The van der Waals surface area contributed by atoms with Crippen LogP contribution in [-0.2, 0) is 6.54 Å². The maximum absolute atomic E-state index is 6.37. The number of imidazole rings is 1. The Morgan fingerprint density at radius 1 is 1.08 bits per heavy atom. The molecule has 1 aromatic carbocycles. The molecular formula is C17H13Cl2N5S. The van der Waals surface area contributed by atoms with Crippen LogP contribution in [0.3, 0.4) is 0 Å². The van der Waals surface area contributed by atoms with Gasteiger partial charge in [-0.2, -0.15) is 0 Å². The van der Waals surface area contributed by atoms with Crippen molar-refractivity contribution in [2.24, 2.45) is 5.73 Å². The van der Waals surface area contributed by atoms with E-state index in [9.17, 15) is 0 Å². The van der Waals surface area contributed by atoms with Gasteiger partial charge in [0.25, 0.3) is 0 Å². The number of benzene rings is 1. The normalized spacial score (nSPS) is 12.6. The average molecular weight is 390 g/mol. The number of halogens is 2. The van der Waals surface area contributed by atoms with Gasteiger partial charge < -0.3 is 10.3 Å². The van der Waals surface area contributed by atoms with Crippen molar-refractivity contribution in [2.75, 3.05) is 0 Å². The van der Waals surface area contributed by atoms with Crippen molar-refractivity contribution in [1.29, 1.82) is 0 Å². The molecule has 0 bridgehead atoms. The lowest BCUT2D eigenvalue weighted by Crippen LogP contribution is -2.17. The van der Waals surface area contributed by atoms with E-state index in [0.29, 0.717) is 33.8 Å². The molecule has 4 rings (SSSR count). The highest BCUT2D eigenvalue weighted by Crippen LogP contribution is 2.31. The Labute approximate surface area is 158 Å². The Morgan fingerprint density at radius 2 is 1.88 bits per heavy atom. The van der Waals surface area contributed by atoms with E-state index >= 15 is 0 Å². The zero-order chi connectivity index (χ0) is 17.4. The summed E-state index contributed by atoms with van der Waals surface area (Å²) in [5, 5.41) is 3.20. The molecule has 1 atom stereocenters. The monoisotopic (exact) mass is 389 g/mol. The highest BCUT2D eigenvalue weighted by molar-refractivity contribution is 7.10. The second kappa shape index (κ2) is 6.72. The molecule has 0 saturated carbocycles. The minimum Gasteiger partial charge on any atom is -0.318 e. The molecule has 2 aliphatic heterocycles. The number of nitrogens with zero attached hydrogens (tertiary/aromatic N) is 4. The maximum atomic E-state index is 6.37. The van der Waals surface area contributed by atoms with E-state index in [1.165, 1.54) is 6.33 Å². The zero-order valence-electron chi connectivity index (χ0n) is 12.9. The molecule has 0 amide bonds. The fraction of sp³-hybridized carbons (Fsp3) is 0.118. The van der Waals surface area contributed by atoms with E-state index in [1.54, 1.807) is 17.7 Å². The van der Waals surface area contributed by atoms with Crippen LogP contribution in [0, 0.1) is 0 Å². The second-order valence-electron chi connectivity index (χ2n) is 5.50. The largest absolute Gasteiger partial charge is 0.318 e. The molecule has 1 unspecified atom stereocenters. The topological polar surface area (TPSA) is 69.6 Å². The summed E-state index contributed by atoms with van der Waals surface area (Å²) in [7, 11) is 0. The van der Waals surface area contributed by atoms with Crippen LogP contribution in [0.1, 0.15) is 22.2 Å². The molecule has 2 aliphatic rings. The molecule has 2 N–H and O–H groups in total. The number of hydrogen-bond donors (Lipinski definition) is 1. The molecule has 25 heavy (non-hydrogen) atoms. The summed E-state index contributed by atoms with van der Waals surface area (Å²) in [6.07, 6.45) is 3.22. The molecule has 8 heteroatoms. The van der Waals surface area contributed by atoms with E-state index in [4.69, 9.17) is 28.9 Å². The first kappa shape index (κ1) is 16.5. The second-order valence-corrected chi connectivity index (χ2v) is 7.29. The number of fused-ring (bicyclic) bond motifs is 1. The summed E-state index contributed by atoms with van der Waals surface area (Å²) in [5.74, 6) is 0.702. The van der Waals surface area contributed by atoms with Crippen LogP contribution in [0.15, 0.2) is 48.4 Å². The SMILES string of the molecule is NC(c1cccs1)c1ncn(Cc2c(Cl)cccc2Cl)c2ncnc1-2. The lowest BCUT2D eigenvalue weighted by molar-refractivity contribution is 0.731. The standard InChI is InChI=1S/C17H13Cl2N5S/c18-11-3-1-4-12(19)10(11)7-24-9-23-15(16-17(24)22-8-21-16)14(20)13-5-2-6-25-13/h1-6,8-9,14H,7,20H2. The number of rotatable bonds is 4. The summed E-state index contributed by atoms with van der Waals surface area (Å²) in [4.78, 5) is 14.3. The molecule has 5 nitrogen and oxygen atoms in total. The fourth-order valence-corrected chi connectivity index (χ4v) is 3.95. The lowest BCUT2D eigenvalue weighted by atomic mass is 10.1. The van der Waals surface area contributed by atoms with Crippen molar-refractivity contribution in [3.05, 3.63) is 74.5 Å². The van der Waals surface area contributed by atoms with Crippen molar-refractivity contribution >= 4 is 34.5 Å². The van der Waals surface area contributed by atoms with Gasteiger partial charge in [0, 0.05) is 20.5 Å². The van der Waals surface area contributed by atoms with Crippen LogP contribution >= 0.6 is 34.5 Å². The van der Waals surface area contributed by atoms with E-state index in [-0.39, 0.29) is 6.04 Å². The molecule has 0 fully saturated rings. The summed E-state index contributed by atoms with van der Waals surface area (Å²) < 4.78 is 1.88. The highest BCUT2D eigenvalue weighted by Gasteiger charge is 2.23. The van der Waals surface area contributed by atoms with Gasteiger partial charge in [-0.1, -0.05) is 35.3 Å². The van der Waals surface area contributed by atoms with Crippen molar-refractivity contribution in [3.8, 4) is 11.5 Å². The van der Waals surface area contributed by atoms with Gasteiger partial charge in [0.1, 0.15) is 12.0 Å². The molecule has 0 aliphatic carbocycles. The first-order valence-corrected chi connectivity index (χ1v) is 9.16. The molecule has 3 heterocycles. The Morgan fingerprint density at radius 3 is 2.60 bits per heavy atom. The predicted octanol–water partition coefficient (Wildman–Crippen LogP) is 4.24. The van der Waals surface area contributed by atoms with Gasteiger partial charge in [-0.05, 0) is 23.6 Å². The van der Waals surface area contributed by atoms with Crippen LogP contribution < -0.4 is 5.73 Å². The number of nitrogens with two attached hydrogens (primary N) is 1. The van der Waals surface area contributed by atoms with Gasteiger partial charge in [0.15, 0.2) is 5.82 Å². The third-order valence-corrected chi connectivity index (χ3v) is 5.63. The number of aromatic nitrogens is 4. The van der Waals surface area contributed by atoms with Gasteiger partial charge in [0.2, 0.25) is 0 Å². The number of thiophene rings is 1. The quantitative estimate of drug-likeness (QED) is 0.566. The molecule has 1 aromatic heterocycles. The third-order valence-electron chi connectivity index (χ3n) is 3.96. The Hall–Kier alpha value is -1.99. The van der Waals surface area contributed by atoms with E-state index in [1.807, 2.05) is 40.3 Å². The molecule has 2 aromatic rings. The van der Waals surface area contributed by atoms with Crippen LogP contribution in [0.5, 0.6) is 0 Å². The highest BCUT2D eigenvalue weighted by atomic mass is 35.5. The number of hydrogen-bond acceptors (Lipinski definition) is 5. The minimum absolute atomic E-state index is 0.335. The van der Waals surface area contributed by atoms with Gasteiger partial charge in [-0.3, -0.25) is 0 Å². The summed E-state index contributed by atoms with van der Waals surface area (Å²) in [5.41, 5.74) is 8.57. The van der Waals surface area contributed by atoms with Crippen LogP contribution in [0.2, 0.25) is 10.0 Å². The van der Waals surface area contributed by atoms with Gasteiger partial charge in [-0.25, -0.2) is 15.0 Å². The van der Waals surface area contributed by atoms with Gasteiger partial charge in [0.05, 0.1) is 24.6 Å². The van der Waals surface area contributed by atoms with Gasteiger partial charge >= 0.3 is 0 Å². The van der Waals surface area contributed by atoms with Gasteiger partial charge in [-0.15, -0.1) is 11.3 Å². The Balaban J connectivity index is 1.75. The molecule has 0 spiro atoms. The molecule has 126 valence electrons. The summed E-state index contributed by atoms with van der Waals surface area (Å²) in [6.45, 7) is 0.454. The van der Waals surface area contributed by atoms with E-state index < -0.39 is 0 Å². The minimum atomic E-state index is -0.335. The smallest absolute Gasteiger partial charge is 0.163 e. The van der Waals surface area contributed by atoms with Crippen molar-refractivity contribution < 1.29 is 0 Å². The zero-order valence-corrected chi connectivity index (χ0v) is 15.3. The molecular weight excluding hydrogens is 377 g/mol. The lowest BCUT2D eigenvalue weighted by Gasteiger charge is -2.17. The third kappa shape index (κ3) is 3.02. The average Bonchev–Trinajstić information content (AvgIpc) is 3.29. The summed E-state index contributed by atoms with van der Waals surface area (Å²) >= 11 is 14.2. The Bertz CT molecular complexity index is 962. The van der Waals surface area contributed by atoms with Crippen molar-refractivity contribution in [3.63, 3.8) is 0 Å². The van der Waals surface area contributed by atoms with E-state index in [2.05, 4.69) is 15.0 Å². The van der Waals surface area contributed by atoms with Crippen LogP contribution in [0.4, 0.5) is 0 Å². The fourth-order valence-electron chi connectivity index (χ4n) is 2.70.